The molecule has 0 unspecified atom stereocenters. The van der Waals surface area contributed by atoms with Crippen LogP contribution in [0, 0.1) is 19.8 Å². The Hall–Kier alpha value is -2.43. The molecule has 1 aromatic heterocycles. The quantitative estimate of drug-likeness (QED) is 0.799. The smallest absolute Gasteiger partial charge is 0.254 e. The minimum Gasteiger partial charge on any atom is -0.342 e. The summed E-state index contributed by atoms with van der Waals surface area (Å²) in [6, 6.07) is 7.95. The summed E-state index contributed by atoms with van der Waals surface area (Å²) in [6.45, 7) is 7.07. The third-order valence-electron chi connectivity index (χ3n) is 6.12. The lowest BCUT2D eigenvalue weighted by Gasteiger charge is -2.35. The van der Waals surface area contributed by atoms with Crippen molar-refractivity contribution in [2.75, 3.05) is 26.2 Å². The maximum atomic E-state index is 13.3. The maximum absolute atomic E-state index is 13.3. The van der Waals surface area contributed by atoms with Crippen LogP contribution in [0.4, 0.5) is 0 Å². The van der Waals surface area contributed by atoms with Crippen molar-refractivity contribution in [3.63, 3.8) is 0 Å². The van der Waals surface area contributed by atoms with E-state index in [1.54, 1.807) is 0 Å². The summed E-state index contributed by atoms with van der Waals surface area (Å²) in [4.78, 5) is 34.5. The van der Waals surface area contributed by atoms with Gasteiger partial charge in [-0.1, -0.05) is 11.6 Å². The van der Waals surface area contributed by atoms with E-state index < -0.39 is 0 Å². The Morgan fingerprint density at radius 2 is 1.64 bits per heavy atom. The highest BCUT2D eigenvalue weighted by Crippen LogP contribution is 2.26. The first-order valence-electron chi connectivity index (χ1n) is 10.5. The van der Waals surface area contributed by atoms with Gasteiger partial charge in [0.1, 0.15) is 0 Å². The van der Waals surface area contributed by atoms with Crippen LogP contribution in [0.15, 0.2) is 24.3 Å². The topological polar surface area (TPSA) is 53.5 Å². The standard InChI is InChI=1S/C23H29N3O2/c1-16-6-7-21-19(14-16)20(15-17(2)24-21)23(28)26-12-8-18(9-13-26)22(27)25-10-4-3-5-11-25/h6-7,14-15,18H,3-5,8-13H2,1-2H3. The molecule has 2 amide bonds. The van der Waals surface area contributed by atoms with E-state index in [1.807, 2.05) is 47.9 Å². The highest BCUT2D eigenvalue weighted by Gasteiger charge is 2.31. The molecule has 0 atom stereocenters. The van der Waals surface area contributed by atoms with Crippen molar-refractivity contribution >= 4 is 22.7 Å². The molecule has 0 saturated carbocycles. The van der Waals surface area contributed by atoms with Gasteiger partial charge in [-0.15, -0.1) is 0 Å². The third-order valence-corrected chi connectivity index (χ3v) is 6.12. The summed E-state index contributed by atoms with van der Waals surface area (Å²) < 4.78 is 0. The second-order valence-electron chi connectivity index (χ2n) is 8.28. The predicted octanol–water partition coefficient (Wildman–Crippen LogP) is 3.72. The number of fused-ring (bicyclic) bond motifs is 1. The number of hydrogen-bond donors (Lipinski definition) is 0. The lowest BCUT2D eigenvalue weighted by atomic mass is 9.93. The number of likely N-dealkylation sites (tertiary alicyclic amines) is 2. The monoisotopic (exact) mass is 379 g/mol. The first-order chi connectivity index (χ1) is 13.5. The first kappa shape index (κ1) is 18.9. The zero-order valence-electron chi connectivity index (χ0n) is 16.9. The van der Waals surface area contributed by atoms with Gasteiger partial charge in [-0.25, -0.2) is 0 Å². The van der Waals surface area contributed by atoms with E-state index in [4.69, 9.17) is 0 Å². The van der Waals surface area contributed by atoms with Crippen molar-refractivity contribution in [2.45, 2.75) is 46.0 Å². The van der Waals surface area contributed by atoms with Gasteiger partial charge in [-0.3, -0.25) is 14.6 Å². The number of amides is 2. The number of rotatable bonds is 2. The van der Waals surface area contributed by atoms with Gasteiger partial charge in [0, 0.05) is 43.2 Å². The maximum Gasteiger partial charge on any atom is 0.254 e. The molecular weight excluding hydrogens is 350 g/mol. The molecule has 2 aromatic rings. The molecule has 28 heavy (non-hydrogen) atoms. The van der Waals surface area contributed by atoms with Gasteiger partial charge in [0.05, 0.1) is 11.1 Å². The second-order valence-corrected chi connectivity index (χ2v) is 8.28. The second kappa shape index (κ2) is 7.90. The van der Waals surface area contributed by atoms with E-state index in [9.17, 15) is 9.59 Å². The van der Waals surface area contributed by atoms with E-state index >= 15 is 0 Å². The summed E-state index contributed by atoms with van der Waals surface area (Å²) in [5, 5.41) is 0.919. The molecule has 1 aromatic carbocycles. The van der Waals surface area contributed by atoms with Crippen molar-refractivity contribution in [3.8, 4) is 0 Å². The van der Waals surface area contributed by atoms with E-state index in [2.05, 4.69) is 4.98 Å². The zero-order valence-corrected chi connectivity index (χ0v) is 16.9. The Labute approximate surface area is 166 Å². The lowest BCUT2D eigenvalue weighted by Crippen LogP contribution is -2.45. The molecule has 0 radical (unpaired) electrons. The van der Waals surface area contributed by atoms with Crippen LogP contribution in [-0.4, -0.2) is 52.8 Å². The van der Waals surface area contributed by atoms with Crippen LogP contribution in [0.1, 0.15) is 53.7 Å². The number of pyridine rings is 1. The molecule has 0 bridgehead atoms. The number of carbonyl (C=O) groups is 2. The highest BCUT2D eigenvalue weighted by molar-refractivity contribution is 6.06. The average molecular weight is 380 g/mol. The largest absolute Gasteiger partial charge is 0.342 e. The lowest BCUT2D eigenvalue weighted by molar-refractivity contribution is -0.137. The molecule has 2 saturated heterocycles. The Morgan fingerprint density at radius 1 is 0.929 bits per heavy atom. The van der Waals surface area contributed by atoms with Gasteiger partial charge < -0.3 is 9.80 Å². The number of nitrogens with zero attached hydrogens (tertiary/aromatic N) is 3. The highest BCUT2D eigenvalue weighted by atomic mass is 16.2. The molecule has 5 nitrogen and oxygen atoms in total. The number of aromatic nitrogens is 1. The average Bonchev–Trinajstić information content (AvgIpc) is 2.73. The summed E-state index contributed by atoms with van der Waals surface area (Å²) in [6.07, 6.45) is 5.01. The van der Waals surface area contributed by atoms with Gasteiger partial charge in [-0.05, 0) is 64.2 Å². The number of hydrogen-bond acceptors (Lipinski definition) is 3. The SMILES string of the molecule is Cc1ccc2nc(C)cc(C(=O)N3CCC(C(=O)N4CCCCC4)CC3)c2c1. The minimum absolute atomic E-state index is 0.0602. The first-order valence-corrected chi connectivity index (χ1v) is 10.5. The number of benzene rings is 1. The van der Waals surface area contributed by atoms with Crippen LogP contribution in [0.5, 0.6) is 0 Å². The molecule has 2 aliphatic heterocycles. The van der Waals surface area contributed by atoms with Crippen LogP contribution in [-0.2, 0) is 4.79 Å². The summed E-state index contributed by atoms with van der Waals surface area (Å²) in [5.74, 6) is 0.429. The van der Waals surface area contributed by atoms with Crippen LogP contribution in [0.2, 0.25) is 0 Å². The van der Waals surface area contributed by atoms with E-state index in [0.29, 0.717) is 19.0 Å². The molecule has 4 rings (SSSR count). The zero-order chi connectivity index (χ0) is 19.7. The predicted molar refractivity (Wildman–Crippen MR) is 110 cm³/mol. The Bertz CT molecular complexity index is 894. The molecule has 0 N–H and O–H groups in total. The van der Waals surface area contributed by atoms with E-state index in [1.165, 1.54) is 6.42 Å². The van der Waals surface area contributed by atoms with Crippen molar-refractivity contribution in [1.82, 2.24) is 14.8 Å². The molecule has 0 aliphatic carbocycles. The summed E-state index contributed by atoms with van der Waals surface area (Å²) in [7, 11) is 0. The molecule has 3 heterocycles. The Morgan fingerprint density at radius 3 is 2.36 bits per heavy atom. The van der Waals surface area contributed by atoms with Gasteiger partial charge in [0.2, 0.25) is 5.91 Å². The van der Waals surface area contributed by atoms with Crippen molar-refractivity contribution in [1.29, 1.82) is 0 Å². The molecule has 148 valence electrons. The molecule has 0 spiro atoms. The van der Waals surface area contributed by atoms with Gasteiger partial charge >= 0.3 is 0 Å². The van der Waals surface area contributed by atoms with Crippen LogP contribution < -0.4 is 0 Å². The van der Waals surface area contributed by atoms with Gasteiger partial charge in [0.25, 0.3) is 5.91 Å². The Kier molecular flexibility index (Phi) is 5.33. The number of carbonyl (C=O) groups excluding carboxylic acids is 2. The van der Waals surface area contributed by atoms with Crippen LogP contribution >= 0.6 is 0 Å². The fourth-order valence-electron chi connectivity index (χ4n) is 4.52. The Balaban J connectivity index is 1.48. The fraction of sp³-hybridized carbons (Fsp3) is 0.522. The number of aryl methyl sites for hydroxylation is 2. The molecule has 5 heteroatoms. The molecular formula is C23H29N3O2. The normalized spacial score (nSPS) is 18.5. The van der Waals surface area contributed by atoms with E-state index in [0.717, 1.165) is 66.5 Å². The third kappa shape index (κ3) is 3.75. The fourth-order valence-corrected chi connectivity index (χ4v) is 4.52. The van der Waals surface area contributed by atoms with Crippen LogP contribution in [0.3, 0.4) is 0 Å². The van der Waals surface area contributed by atoms with E-state index in [-0.39, 0.29) is 11.8 Å². The van der Waals surface area contributed by atoms with Crippen molar-refractivity contribution in [3.05, 3.63) is 41.1 Å². The summed E-state index contributed by atoms with van der Waals surface area (Å²) in [5.41, 5.74) is 3.57. The van der Waals surface area contributed by atoms with Crippen LogP contribution in [0.25, 0.3) is 10.9 Å². The number of piperidine rings is 2. The summed E-state index contributed by atoms with van der Waals surface area (Å²) >= 11 is 0. The van der Waals surface area contributed by atoms with Crippen molar-refractivity contribution < 1.29 is 9.59 Å². The van der Waals surface area contributed by atoms with Gasteiger partial charge in [-0.2, -0.15) is 0 Å². The van der Waals surface area contributed by atoms with Crippen molar-refractivity contribution in [2.24, 2.45) is 5.92 Å². The molecule has 2 aliphatic rings. The molecule has 2 fully saturated rings. The minimum atomic E-state index is 0.0602. The van der Waals surface area contributed by atoms with Gasteiger partial charge in [0.15, 0.2) is 0 Å².